The van der Waals surface area contributed by atoms with E-state index in [-0.39, 0.29) is 18.6 Å². The Hall–Kier alpha value is -1.56. The summed E-state index contributed by atoms with van der Waals surface area (Å²) < 4.78 is 15.6. The first-order chi connectivity index (χ1) is 12.6. The molecule has 1 saturated heterocycles. The molecule has 2 aromatic rings. The van der Waals surface area contributed by atoms with Crippen LogP contribution in [0.2, 0.25) is 0 Å². The first-order valence-electron chi connectivity index (χ1n) is 9.05. The number of hydrogen-bond acceptors (Lipinski definition) is 3. The minimum absolute atomic E-state index is 0.0159. The average Bonchev–Trinajstić information content (AvgIpc) is 2.69. The van der Waals surface area contributed by atoms with Crippen molar-refractivity contribution in [1.29, 1.82) is 0 Å². The number of carbonyl (C=O) groups is 1. The lowest BCUT2D eigenvalue weighted by molar-refractivity contribution is 0.0237. The Morgan fingerprint density at radius 1 is 1.00 bits per heavy atom. The minimum Gasteiger partial charge on any atom is -0.297 e. The number of carbonyl (C=O) groups excluding carboxylic acids is 1. The van der Waals surface area contributed by atoms with Gasteiger partial charge in [0, 0.05) is 49.2 Å². The second-order valence-electron chi connectivity index (χ2n) is 6.70. The molecule has 2 aromatic carbocycles. The highest BCUT2D eigenvalue weighted by Crippen LogP contribution is 2.17. The van der Waals surface area contributed by atoms with Gasteiger partial charge in [-0.15, -0.1) is 0 Å². The molecule has 3 rings (SSSR count). The SMILES string of the molecule is O=C(CCC(F)N1CCN(Cc2ccc(Br)cc2)CC1)c1ccccc1. The largest absolute Gasteiger partial charge is 0.297 e. The molecule has 0 amide bonds. The fraction of sp³-hybridized carbons (Fsp3) is 0.381. The highest BCUT2D eigenvalue weighted by molar-refractivity contribution is 9.10. The molecule has 1 atom stereocenters. The van der Waals surface area contributed by atoms with Crippen LogP contribution in [0.5, 0.6) is 0 Å². The molecule has 26 heavy (non-hydrogen) atoms. The lowest BCUT2D eigenvalue weighted by Gasteiger charge is -2.36. The number of rotatable bonds is 7. The van der Waals surface area contributed by atoms with Crippen molar-refractivity contribution in [3.63, 3.8) is 0 Å². The number of hydrogen-bond donors (Lipinski definition) is 0. The molecule has 0 N–H and O–H groups in total. The van der Waals surface area contributed by atoms with Crippen LogP contribution in [0.4, 0.5) is 4.39 Å². The van der Waals surface area contributed by atoms with E-state index in [9.17, 15) is 9.18 Å². The number of piperazine rings is 1. The minimum atomic E-state index is -1.04. The van der Waals surface area contributed by atoms with E-state index in [1.807, 2.05) is 35.2 Å². The van der Waals surface area contributed by atoms with Gasteiger partial charge in [-0.25, -0.2) is 4.39 Å². The van der Waals surface area contributed by atoms with E-state index in [4.69, 9.17) is 0 Å². The second-order valence-corrected chi connectivity index (χ2v) is 7.62. The van der Waals surface area contributed by atoms with Crippen LogP contribution in [0.1, 0.15) is 28.8 Å². The molecule has 3 nitrogen and oxygen atoms in total. The fourth-order valence-electron chi connectivity index (χ4n) is 3.25. The predicted octanol–water partition coefficient (Wildman–Crippen LogP) is 4.53. The Balaban J connectivity index is 1.41. The van der Waals surface area contributed by atoms with Crippen molar-refractivity contribution in [2.24, 2.45) is 0 Å². The van der Waals surface area contributed by atoms with Gasteiger partial charge in [0.05, 0.1) is 0 Å². The summed E-state index contributed by atoms with van der Waals surface area (Å²) in [4.78, 5) is 16.3. The normalized spacial score (nSPS) is 17.2. The van der Waals surface area contributed by atoms with Gasteiger partial charge in [-0.05, 0) is 24.1 Å². The quantitative estimate of drug-likeness (QED) is 0.487. The maximum Gasteiger partial charge on any atom is 0.163 e. The Labute approximate surface area is 162 Å². The van der Waals surface area contributed by atoms with E-state index in [0.717, 1.165) is 24.1 Å². The molecule has 0 spiro atoms. The zero-order valence-corrected chi connectivity index (χ0v) is 16.4. The molecule has 1 fully saturated rings. The smallest absolute Gasteiger partial charge is 0.163 e. The van der Waals surface area contributed by atoms with Crippen LogP contribution in [-0.4, -0.2) is 48.1 Å². The summed E-state index contributed by atoms with van der Waals surface area (Å²) in [6.45, 7) is 4.01. The van der Waals surface area contributed by atoms with Crippen molar-refractivity contribution in [3.05, 3.63) is 70.2 Å². The molecule has 5 heteroatoms. The molecular formula is C21H24BrFN2O. The second kappa shape index (κ2) is 9.40. The van der Waals surface area contributed by atoms with Crippen LogP contribution in [0, 0.1) is 0 Å². The van der Waals surface area contributed by atoms with Crippen molar-refractivity contribution in [2.45, 2.75) is 25.7 Å². The van der Waals surface area contributed by atoms with Gasteiger partial charge in [0.25, 0.3) is 0 Å². The number of nitrogens with zero attached hydrogens (tertiary/aromatic N) is 2. The first kappa shape index (κ1) is 19.2. The van der Waals surface area contributed by atoms with Gasteiger partial charge in [0.1, 0.15) is 0 Å². The average molecular weight is 419 g/mol. The summed E-state index contributed by atoms with van der Waals surface area (Å²) in [5.41, 5.74) is 1.94. The summed E-state index contributed by atoms with van der Waals surface area (Å²) in [5, 5.41) is 0. The zero-order valence-electron chi connectivity index (χ0n) is 14.8. The molecule has 0 radical (unpaired) electrons. The number of Topliss-reactive ketones (excluding diaryl/α,β-unsaturated/α-hetero) is 1. The van der Waals surface area contributed by atoms with Gasteiger partial charge >= 0.3 is 0 Å². The lowest BCUT2D eigenvalue weighted by atomic mass is 10.1. The van der Waals surface area contributed by atoms with Crippen LogP contribution in [0.15, 0.2) is 59.1 Å². The molecule has 1 unspecified atom stereocenters. The molecule has 0 saturated carbocycles. The predicted molar refractivity (Wildman–Crippen MR) is 106 cm³/mol. The maximum atomic E-state index is 14.5. The van der Waals surface area contributed by atoms with E-state index in [0.29, 0.717) is 18.7 Å². The van der Waals surface area contributed by atoms with Crippen LogP contribution in [-0.2, 0) is 6.54 Å². The molecule has 1 aliphatic heterocycles. The van der Waals surface area contributed by atoms with Crippen LogP contribution >= 0.6 is 15.9 Å². The van der Waals surface area contributed by atoms with Gasteiger partial charge < -0.3 is 0 Å². The highest BCUT2D eigenvalue weighted by Gasteiger charge is 2.24. The molecular weight excluding hydrogens is 395 g/mol. The Kier molecular flexibility index (Phi) is 6.94. The van der Waals surface area contributed by atoms with E-state index in [2.05, 4.69) is 33.0 Å². The number of benzene rings is 2. The van der Waals surface area contributed by atoms with Gasteiger partial charge in [-0.3, -0.25) is 14.6 Å². The maximum absolute atomic E-state index is 14.5. The summed E-state index contributed by atoms with van der Waals surface area (Å²) in [5.74, 6) is 0.0159. The summed E-state index contributed by atoms with van der Waals surface area (Å²) in [6, 6.07) is 17.5. The summed E-state index contributed by atoms with van der Waals surface area (Å²) in [6.07, 6.45) is -0.525. The van der Waals surface area contributed by atoms with E-state index < -0.39 is 6.30 Å². The number of ketones is 1. The third-order valence-corrected chi connectivity index (χ3v) is 5.36. The molecule has 1 aliphatic rings. The third kappa shape index (κ3) is 5.47. The zero-order chi connectivity index (χ0) is 18.4. The van der Waals surface area contributed by atoms with Gasteiger partial charge in [-0.2, -0.15) is 0 Å². The van der Waals surface area contributed by atoms with Crippen LogP contribution in [0.25, 0.3) is 0 Å². The van der Waals surface area contributed by atoms with Crippen LogP contribution < -0.4 is 0 Å². The standard InChI is InChI=1S/C21H24BrFN2O/c22-19-8-6-17(7-9-19)16-24-12-14-25(15-13-24)21(23)11-10-20(26)18-4-2-1-3-5-18/h1-9,21H,10-16H2. The van der Waals surface area contributed by atoms with Crippen molar-refractivity contribution in [2.75, 3.05) is 26.2 Å². The van der Waals surface area contributed by atoms with Gasteiger partial charge in [0.2, 0.25) is 0 Å². The Morgan fingerprint density at radius 3 is 2.31 bits per heavy atom. The molecule has 0 aromatic heterocycles. The van der Waals surface area contributed by atoms with Gasteiger partial charge in [0.15, 0.2) is 12.1 Å². The van der Waals surface area contributed by atoms with Gasteiger partial charge in [-0.1, -0.05) is 58.4 Å². The molecule has 138 valence electrons. The highest BCUT2D eigenvalue weighted by atomic mass is 79.9. The molecule has 0 aliphatic carbocycles. The van der Waals surface area contributed by atoms with E-state index in [1.165, 1.54) is 5.56 Å². The van der Waals surface area contributed by atoms with Crippen molar-refractivity contribution in [1.82, 2.24) is 9.80 Å². The molecule has 0 bridgehead atoms. The summed E-state index contributed by atoms with van der Waals surface area (Å²) >= 11 is 3.45. The van der Waals surface area contributed by atoms with Crippen LogP contribution in [0.3, 0.4) is 0 Å². The van der Waals surface area contributed by atoms with Crippen molar-refractivity contribution < 1.29 is 9.18 Å². The lowest BCUT2D eigenvalue weighted by Crippen LogP contribution is -2.48. The summed E-state index contributed by atoms with van der Waals surface area (Å²) in [7, 11) is 0. The van der Waals surface area contributed by atoms with E-state index in [1.54, 1.807) is 12.1 Å². The third-order valence-electron chi connectivity index (χ3n) is 4.83. The topological polar surface area (TPSA) is 23.6 Å². The van der Waals surface area contributed by atoms with Crippen molar-refractivity contribution >= 4 is 21.7 Å². The molecule has 1 heterocycles. The number of halogens is 2. The monoisotopic (exact) mass is 418 g/mol. The van der Waals surface area contributed by atoms with Crippen molar-refractivity contribution in [3.8, 4) is 0 Å². The Morgan fingerprint density at radius 2 is 1.65 bits per heavy atom. The fourth-order valence-corrected chi connectivity index (χ4v) is 3.52. The Bertz CT molecular complexity index is 700. The number of alkyl halides is 1. The first-order valence-corrected chi connectivity index (χ1v) is 9.84. The van der Waals surface area contributed by atoms with E-state index >= 15 is 0 Å².